The van der Waals surface area contributed by atoms with Crippen molar-refractivity contribution in [2.75, 3.05) is 6.61 Å². The van der Waals surface area contributed by atoms with E-state index in [2.05, 4.69) is 20.9 Å². The summed E-state index contributed by atoms with van der Waals surface area (Å²) in [5.74, 6) is -4.07. The lowest BCUT2D eigenvalue weighted by Crippen LogP contribution is -2.17. The van der Waals surface area contributed by atoms with Crippen molar-refractivity contribution in [1.82, 2.24) is 4.98 Å². The van der Waals surface area contributed by atoms with Crippen LogP contribution in [0.3, 0.4) is 0 Å². The number of carbonyl (C=O) groups excluding carboxylic acids is 1. The third-order valence-electron chi connectivity index (χ3n) is 3.34. The van der Waals surface area contributed by atoms with Crippen LogP contribution in [0.1, 0.15) is 22.4 Å². The van der Waals surface area contributed by atoms with Crippen molar-refractivity contribution in [2.24, 2.45) is 5.73 Å². The van der Waals surface area contributed by atoms with E-state index in [1.54, 1.807) is 0 Å². The van der Waals surface area contributed by atoms with Crippen LogP contribution in [0, 0.1) is 11.6 Å². The van der Waals surface area contributed by atoms with Crippen LogP contribution in [0.15, 0.2) is 38.7 Å². The number of rotatable bonds is 6. The molecule has 1 amide bonds. The Morgan fingerprint density at radius 3 is 2.85 bits per heavy atom. The molecule has 136 valence electrons. The van der Waals surface area contributed by atoms with Crippen LogP contribution < -0.4 is 10.5 Å². The van der Waals surface area contributed by atoms with Crippen molar-refractivity contribution in [2.45, 2.75) is 6.10 Å². The summed E-state index contributed by atoms with van der Waals surface area (Å²) >= 11 is 4.66. The monoisotopic (exact) mass is 444 g/mol. The summed E-state index contributed by atoms with van der Waals surface area (Å²) in [4.78, 5) is 16.1. The maximum Gasteiger partial charge on any atom is 0.254 e. The second-order valence-electron chi connectivity index (χ2n) is 5.08. The van der Waals surface area contributed by atoms with E-state index in [4.69, 9.17) is 14.9 Å². The molecule has 0 saturated heterocycles. The summed E-state index contributed by atoms with van der Waals surface area (Å²) < 4.78 is 38.4. The lowest BCUT2D eigenvalue weighted by Gasteiger charge is -2.11. The fourth-order valence-electron chi connectivity index (χ4n) is 2.14. The fraction of sp³-hybridized carbons (Fsp3) is 0.125. The van der Waals surface area contributed by atoms with Gasteiger partial charge in [0.25, 0.3) is 5.91 Å². The topological polar surface area (TPSA) is 98.6 Å². The Labute approximate surface area is 158 Å². The molecular formula is C16H11BrF2N2O4S. The standard InChI is InChI=1S/C16H11BrF2N2O4S/c17-14-13(10-2-1-5-26-10)21-16(25-14)8(22)6-24-9-4-3-7(18)11(12(9)19)15(20)23/h1-5,8,22H,6H2,(H2,20,23). The third-order valence-corrected chi connectivity index (χ3v) is 4.75. The van der Waals surface area contributed by atoms with Gasteiger partial charge in [-0.05, 0) is 39.5 Å². The van der Waals surface area contributed by atoms with Crippen molar-refractivity contribution in [3.63, 3.8) is 0 Å². The highest BCUT2D eigenvalue weighted by molar-refractivity contribution is 9.10. The Kier molecular flexibility index (Phi) is 5.35. The number of hydrogen-bond donors (Lipinski definition) is 2. The molecule has 0 aliphatic rings. The Morgan fingerprint density at radius 2 is 2.19 bits per heavy atom. The van der Waals surface area contributed by atoms with Crippen molar-refractivity contribution >= 4 is 33.2 Å². The van der Waals surface area contributed by atoms with Gasteiger partial charge >= 0.3 is 0 Å². The highest BCUT2D eigenvalue weighted by Gasteiger charge is 2.23. The van der Waals surface area contributed by atoms with Gasteiger partial charge in [-0.2, -0.15) is 0 Å². The van der Waals surface area contributed by atoms with E-state index in [0.29, 0.717) is 10.4 Å². The van der Waals surface area contributed by atoms with Crippen LogP contribution in [-0.2, 0) is 0 Å². The smallest absolute Gasteiger partial charge is 0.254 e. The highest BCUT2D eigenvalue weighted by Crippen LogP contribution is 2.33. The van der Waals surface area contributed by atoms with E-state index in [-0.39, 0.29) is 5.89 Å². The SMILES string of the molecule is NC(=O)c1c(F)ccc(OCC(O)c2nc(-c3cccs3)c(Br)o2)c1F. The number of halogens is 3. The number of primary amides is 1. The van der Waals surface area contributed by atoms with Gasteiger partial charge in [-0.25, -0.2) is 13.8 Å². The quantitative estimate of drug-likeness (QED) is 0.604. The predicted octanol–water partition coefficient (Wildman–Crippen LogP) is 3.66. The number of amides is 1. The van der Waals surface area contributed by atoms with Gasteiger partial charge in [0.1, 0.15) is 23.7 Å². The van der Waals surface area contributed by atoms with Crippen LogP contribution in [0.4, 0.5) is 8.78 Å². The fourth-order valence-corrected chi connectivity index (χ4v) is 3.45. The van der Waals surface area contributed by atoms with Crippen LogP contribution in [0.25, 0.3) is 10.6 Å². The lowest BCUT2D eigenvalue weighted by atomic mass is 10.1. The minimum Gasteiger partial charge on any atom is -0.487 e. The molecule has 0 aliphatic heterocycles. The van der Waals surface area contributed by atoms with Crippen molar-refractivity contribution < 1.29 is 27.8 Å². The van der Waals surface area contributed by atoms with E-state index in [1.165, 1.54) is 11.3 Å². The van der Waals surface area contributed by atoms with Gasteiger partial charge < -0.3 is 20.0 Å². The molecule has 1 atom stereocenters. The zero-order chi connectivity index (χ0) is 18.8. The molecule has 0 saturated carbocycles. The zero-order valence-corrected chi connectivity index (χ0v) is 15.3. The number of oxazole rings is 1. The number of carbonyl (C=O) groups is 1. The number of aliphatic hydroxyl groups excluding tert-OH is 1. The number of hydrogen-bond acceptors (Lipinski definition) is 6. The molecule has 1 aromatic carbocycles. The summed E-state index contributed by atoms with van der Waals surface area (Å²) in [6.07, 6.45) is -1.32. The molecule has 0 spiro atoms. The van der Waals surface area contributed by atoms with Gasteiger partial charge in [-0.1, -0.05) is 6.07 Å². The van der Waals surface area contributed by atoms with Crippen LogP contribution in [0.5, 0.6) is 5.75 Å². The normalized spacial score (nSPS) is 12.2. The lowest BCUT2D eigenvalue weighted by molar-refractivity contribution is 0.0811. The largest absolute Gasteiger partial charge is 0.487 e. The first-order chi connectivity index (χ1) is 12.4. The number of benzene rings is 1. The Bertz CT molecular complexity index is 946. The first kappa shape index (κ1) is 18.5. The van der Waals surface area contributed by atoms with Crippen molar-refractivity contribution in [1.29, 1.82) is 0 Å². The molecule has 3 rings (SSSR count). The average Bonchev–Trinajstić information content (AvgIpc) is 3.22. The molecule has 1 unspecified atom stereocenters. The molecule has 2 aromatic heterocycles. The molecule has 0 radical (unpaired) electrons. The van der Waals surface area contributed by atoms with E-state index in [9.17, 15) is 18.7 Å². The second kappa shape index (κ2) is 7.52. The molecule has 10 heteroatoms. The van der Waals surface area contributed by atoms with Gasteiger partial charge in [0.2, 0.25) is 5.89 Å². The minimum absolute atomic E-state index is 0.0436. The Morgan fingerprint density at radius 1 is 1.42 bits per heavy atom. The molecule has 3 N–H and O–H groups in total. The summed E-state index contributed by atoms with van der Waals surface area (Å²) in [7, 11) is 0. The first-order valence-electron chi connectivity index (χ1n) is 7.17. The van der Waals surface area contributed by atoms with E-state index >= 15 is 0 Å². The van der Waals surface area contributed by atoms with Crippen LogP contribution in [-0.4, -0.2) is 22.6 Å². The number of thiophene rings is 1. The molecule has 3 aromatic rings. The van der Waals surface area contributed by atoms with Crippen molar-refractivity contribution in [3.05, 3.63) is 57.4 Å². The summed E-state index contributed by atoms with van der Waals surface area (Å²) in [6, 6.07) is 5.51. The number of aromatic nitrogens is 1. The first-order valence-corrected chi connectivity index (χ1v) is 8.84. The number of nitrogens with zero attached hydrogens (tertiary/aromatic N) is 1. The molecule has 2 heterocycles. The van der Waals surface area contributed by atoms with Gasteiger partial charge in [-0.3, -0.25) is 4.79 Å². The van der Waals surface area contributed by atoms with Crippen LogP contribution in [0.2, 0.25) is 0 Å². The molecule has 0 bridgehead atoms. The van der Waals surface area contributed by atoms with E-state index < -0.39 is 41.6 Å². The second-order valence-corrected chi connectivity index (χ2v) is 6.75. The number of nitrogens with two attached hydrogens (primary N) is 1. The minimum atomic E-state index is -1.32. The van der Waals surface area contributed by atoms with Gasteiger partial charge in [0.15, 0.2) is 22.3 Å². The summed E-state index contributed by atoms with van der Waals surface area (Å²) in [5, 5.41) is 12.0. The predicted molar refractivity (Wildman–Crippen MR) is 92.8 cm³/mol. The maximum atomic E-state index is 14.1. The molecule has 0 aliphatic carbocycles. The molecular weight excluding hydrogens is 434 g/mol. The van der Waals surface area contributed by atoms with Gasteiger partial charge in [-0.15, -0.1) is 11.3 Å². The molecule has 6 nitrogen and oxygen atoms in total. The highest BCUT2D eigenvalue weighted by atomic mass is 79.9. The Balaban J connectivity index is 1.76. The van der Waals surface area contributed by atoms with E-state index in [1.807, 2.05) is 17.5 Å². The zero-order valence-electron chi connectivity index (χ0n) is 12.9. The third kappa shape index (κ3) is 3.62. The number of aliphatic hydroxyl groups is 1. The van der Waals surface area contributed by atoms with E-state index in [0.717, 1.165) is 17.0 Å². The summed E-state index contributed by atoms with van der Waals surface area (Å²) in [5.41, 5.74) is 4.55. The summed E-state index contributed by atoms with van der Waals surface area (Å²) in [6.45, 7) is -0.433. The Hall–Kier alpha value is -2.30. The van der Waals surface area contributed by atoms with Gasteiger partial charge in [0, 0.05) is 0 Å². The van der Waals surface area contributed by atoms with Gasteiger partial charge in [0.05, 0.1) is 4.88 Å². The molecule has 26 heavy (non-hydrogen) atoms. The van der Waals surface area contributed by atoms with Crippen molar-refractivity contribution in [3.8, 4) is 16.3 Å². The molecule has 0 fully saturated rings. The average molecular weight is 445 g/mol. The number of ether oxygens (including phenoxy) is 1. The van der Waals surface area contributed by atoms with Crippen LogP contribution >= 0.6 is 27.3 Å². The maximum absolute atomic E-state index is 14.1.